The predicted molar refractivity (Wildman–Crippen MR) is 48.6 cm³/mol. The van der Waals surface area contributed by atoms with E-state index < -0.39 is 12.1 Å². The van der Waals surface area contributed by atoms with Gasteiger partial charge in [-0.15, -0.1) is 13.2 Å². The molecule has 1 aromatic rings. The molecule has 0 unspecified atom stereocenters. The molecular weight excluding hydrogens is 227 g/mol. The Morgan fingerprint density at radius 1 is 1.50 bits per heavy atom. The van der Waals surface area contributed by atoms with Crippen LogP contribution in [0.15, 0.2) is 6.20 Å². The third-order valence-corrected chi connectivity index (χ3v) is 1.72. The van der Waals surface area contributed by atoms with E-state index in [4.69, 9.17) is 11.5 Å². The molecule has 1 aromatic heterocycles. The van der Waals surface area contributed by atoms with Crippen molar-refractivity contribution in [3.05, 3.63) is 17.5 Å². The molecule has 88 valence electrons. The van der Waals surface area contributed by atoms with Gasteiger partial charge < -0.3 is 16.2 Å². The molecule has 5 nitrogen and oxygen atoms in total. The van der Waals surface area contributed by atoms with Crippen LogP contribution in [0, 0.1) is 0 Å². The van der Waals surface area contributed by atoms with Gasteiger partial charge >= 0.3 is 6.36 Å². The molecule has 0 amide bonds. The van der Waals surface area contributed by atoms with Gasteiger partial charge in [-0.1, -0.05) is 0 Å². The average molecular weight is 235 g/mol. The molecule has 0 aromatic carbocycles. The molecule has 0 atom stereocenters. The number of aldehydes is 1. The van der Waals surface area contributed by atoms with Crippen LogP contribution in [0.5, 0.6) is 5.75 Å². The second-order valence-electron chi connectivity index (χ2n) is 2.77. The lowest BCUT2D eigenvalue weighted by atomic mass is 10.2. The maximum absolute atomic E-state index is 12.0. The molecule has 4 N–H and O–H groups in total. The highest BCUT2D eigenvalue weighted by Crippen LogP contribution is 2.32. The summed E-state index contributed by atoms with van der Waals surface area (Å²) in [4.78, 5) is 14.1. The maximum atomic E-state index is 12.0. The van der Waals surface area contributed by atoms with Crippen LogP contribution in [-0.4, -0.2) is 17.6 Å². The van der Waals surface area contributed by atoms with Gasteiger partial charge in [-0.05, 0) is 0 Å². The number of nitrogens with two attached hydrogens (primary N) is 2. The van der Waals surface area contributed by atoms with Gasteiger partial charge in [-0.2, -0.15) is 0 Å². The highest BCUT2D eigenvalue weighted by molar-refractivity contribution is 5.83. The van der Waals surface area contributed by atoms with Crippen molar-refractivity contribution >= 4 is 12.0 Å². The van der Waals surface area contributed by atoms with Crippen molar-refractivity contribution in [1.29, 1.82) is 0 Å². The lowest BCUT2D eigenvalue weighted by molar-refractivity contribution is -0.274. The van der Waals surface area contributed by atoms with Gasteiger partial charge in [0.25, 0.3) is 0 Å². The van der Waals surface area contributed by atoms with E-state index in [1.807, 2.05) is 0 Å². The monoisotopic (exact) mass is 235 g/mol. The van der Waals surface area contributed by atoms with Crippen molar-refractivity contribution < 1.29 is 22.7 Å². The van der Waals surface area contributed by atoms with Crippen LogP contribution in [0.4, 0.5) is 18.9 Å². The molecule has 0 aliphatic carbocycles. The normalized spacial score (nSPS) is 11.2. The predicted octanol–water partition coefficient (Wildman–Crippen LogP) is 0.834. The third-order valence-electron chi connectivity index (χ3n) is 1.72. The number of anilines is 1. The standard InChI is InChI=1S/C8H8F3N3O2/c9-8(10,11)16-7-4(3-15)2-14-5(1-12)6(7)13/h2-3H,1,12-13H2. The number of alkyl halides is 3. The summed E-state index contributed by atoms with van der Waals surface area (Å²) in [7, 11) is 0. The van der Waals surface area contributed by atoms with Gasteiger partial charge in [0.1, 0.15) is 0 Å². The lowest BCUT2D eigenvalue weighted by Crippen LogP contribution is -2.20. The Bertz CT molecular complexity index is 406. The number of carbonyl (C=O) groups excluding carboxylic acids is 1. The van der Waals surface area contributed by atoms with Gasteiger partial charge in [-0.3, -0.25) is 9.78 Å². The Labute approximate surface area is 88.2 Å². The van der Waals surface area contributed by atoms with E-state index in [1.54, 1.807) is 0 Å². The molecular formula is C8H8F3N3O2. The third kappa shape index (κ3) is 2.60. The zero-order valence-electron chi connectivity index (χ0n) is 7.91. The molecule has 0 saturated carbocycles. The van der Waals surface area contributed by atoms with Gasteiger partial charge in [-0.25, -0.2) is 0 Å². The summed E-state index contributed by atoms with van der Waals surface area (Å²) in [5, 5.41) is 0. The van der Waals surface area contributed by atoms with Crippen LogP contribution in [0.25, 0.3) is 0 Å². The summed E-state index contributed by atoms with van der Waals surface area (Å²) in [5.74, 6) is -0.766. The minimum atomic E-state index is -4.93. The molecule has 16 heavy (non-hydrogen) atoms. The molecule has 1 heterocycles. The molecule has 8 heteroatoms. The second kappa shape index (κ2) is 4.35. The average Bonchev–Trinajstić information content (AvgIpc) is 2.19. The van der Waals surface area contributed by atoms with Crippen LogP contribution in [0.2, 0.25) is 0 Å². The minimum Gasteiger partial charge on any atom is -0.403 e. The van der Waals surface area contributed by atoms with Crippen LogP contribution in [0.1, 0.15) is 16.1 Å². The second-order valence-corrected chi connectivity index (χ2v) is 2.77. The highest BCUT2D eigenvalue weighted by atomic mass is 19.4. The van der Waals surface area contributed by atoms with Crippen LogP contribution in [-0.2, 0) is 6.54 Å². The summed E-state index contributed by atoms with van der Waals surface area (Å²) in [6.45, 7) is -0.154. The fourth-order valence-electron chi connectivity index (χ4n) is 1.04. The smallest absolute Gasteiger partial charge is 0.403 e. The number of aromatic nitrogens is 1. The molecule has 0 spiro atoms. The zero-order chi connectivity index (χ0) is 12.3. The van der Waals surface area contributed by atoms with Crippen molar-refractivity contribution in [2.45, 2.75) is 12.9 Å². The maximum Gasteiger partial charge on any atom is 0.573 e. The number of ether oxygens (including phenoxy) is 1. The number of hydrogen-bond acceptors (Lipinski definition) is 5. The summed E-state index contributed by atoms with van der Waals surface area (Å²) in [6, 6.07) is 0. The van der Waals surface area contributed by atoms with Crippen molar-refractivity contribution in [2.24, 2.45) is 5.73 Å². The zero-order valence-corrected chi connectivity index (χ0v) is 7.91. The molecule has 0 bridgehead atoms. The van der Waals surface area contributed by atoms with Crippen molar-refractivity contribution in [3.8, 4) is 5.75 Å². The molecule has 0 radical (unpaired) electrons. The van der Waals surface area contributed by atoms with Crippen molar-refractivity contribution in [1.82, 2.24) is 4.98 Å². The number of hydrogen-bond donors (Lipinski definition) is 2. The lowest BCUT2D eigenvalue weighted by Gasteiger charge is -2.14. The van der Waals surface area contributed by atoms with Gasteiger partial charge in [0.15, 0.2) is 12.0 Å². The van der Waals surface area contributed by atoms with Crippen molar-refractivity contribution in [2.75, 3.05) is 5.73 Å². The highest BCUT2D eigenvalue weighted by Gasteiger charge is 2.33. The number of carbonyl (C=O) groups is 1. The van der Waals surface area contributed by atoms with Crippen LogP contribution >= 0.6 is 0 Å². The first kappa shape index (κ1) is 12.2. The van der Waals surface area contributed by atoms with E-state index in [2.05, 4.69) is 9.72 Å². The minimum absolute atomic E-state index is 0.0323. The number of nitrogens with zero attached hydrogens (tertiary/aromatic N) is 1. The quantitative estimate of drug-likeness (QED) is 0.757. The fraction of sp³-hybridized carbons (Fsp3) is 0.250. The topological polar surface area (TPSA) is 91.2 Å². The van der Waals surface area contributed by atoms with Crippen molar-refractivity contribution in [3.63, 3.8) is 0 Å². The van der Waals surface area contributed by atoms with Gasteiger partial charge in [0.2, 0.25) is 0 Å². The Morgan fingerprint density at radius 3 is 2.56 bits per heavy atom. The van der Waals surface area contributed by atoms with Crippen LogP contribution < -0.4 is 16.2 Å². The molecule has 0 aliphatic rings. The molecule has 1 rings (SSSR count). The Morgan fingerprint density at radius 2 is 2.12 bits per heavy atom. The first-order valence-electron chi connectivity index (χ1n) is 4.07. The van der Waals surface area contributed by atoms with E-state index in [0.717, 1.165) is 6.20 Å². The number of halogens is 3. The van der Waals surface area contributed by atoms with E-state index in [-0.39, 0.29) is 29.8 Å². The largest absolute Gasteiger partial charge is 0.573 e. The van der Waals surface area contributed by atoms with E-state index in [1.165, 1.54) is 0 Å². The first-order chi connectivity index (χ1) is 7.39. The molecule has 0 fully saturated rings. The Hall–Kier alpha value is -1.83. The van der Waals surface area contributed by atoms with Gasteiger partial charge in [0, 0.05) is 12.7 Å². The number of pyridine rings is 1. The Kier molecular flexibility index (Phi) is 3.33. The molecule has 0 aliphatic heterocycles. The number of nitrogen functional groups attached to an aromatic ring is 1. The fourth-order valence-corrected chi connectivity index (χ4v) is 1.04. The van der Waals surface area contributed by atoms with E-state index in [0.29, 0.717) is 0 Å². The van der Waals surface area contributed by atoms with E-state index in [9.17, 15) is 18.0 Å². The summed E-state index contributed by atoms with van der Waals surface area (Å²) in [5.41, 5.74) is 9.82. The van der Waals surface area contributed by atoms with Gasteiger partial charge in [0.05, 0.1) is 16.9 Å². The number of rotatable bonds is 3. The Balaban J connectivity index is 3.26. The summed E-state index contributed by atoms with van der Waals surface area (Å²) >= 11 is 0. The first-order valence-corrected chi connectivity index (χ1v) is 4.07. The van der Waals surface area contributed by atoms with E-state index >= 15 is 0 Å². The SMILES string of the molecule is NCc1ncc(C=O)c(OC(F)(F)F)c1N. The molecule has 0 saturated heterocycles. The van der Waals surface area contributed by atoms with Crippen LogP contribution in [0.3, 0.4) is 0 Å². The summed E-state index contributed by atoms with van der Waals surface area (Å²) in [6.07, 6.45) is -3.84. The summed E-state index contributed by atoms with van der Waals surface area (Å²) < 4.78 is 39.7.